The van der Waals surface area contributed by atoms with Crippen molar-refractivity contribution in [1.29, 1.82) is 0 Å². The van der Waals surface area contributed by atoms with Gasteiger partial charge in [0.05, 0.1) is 23.9 Å². The van der Waals surface area contributed by atoms with E-state index in [0.29, 0.717) is 35.7 Å². The lowest BCUT2D eigenvalue weighted by Gasteiger charge is -2.12. The van der Waals surface area contributed by atoms with Crippen LogP contribution in [0.15, 0.2) is 48.5 Å². The van der Waals surface area contributed by atoms with Gasteiger partial charge in [-0.25, -0.2) is 9.48 Å². The molecule has 4 rings (SSSR count). The van der Waals surface area contributed by atoms with Crippen LogP contribution in [0.2, 0.25) is 5.15 Å². The average molecular weight is 482 g/mol. The molecule has 1 unspecified atom stereocenters. The highest BCUT2D eigenvalue weighted by Gasteiger charge is 2.21. The molecular formula is C25H28ClN5O3. The topological polar surface area (TPSA) is 97.3 Å². The van der Waals surface area contributed by atoms with E-state index >= 15 is 0 Å². The maximum absolute atomic E-state index is 12.9. The lowest BCUT2D eigenvalue weighted by atomic mass is 10.1. The van der Waals surface area contributed by atoms with Crippen molar-refractivity contribution >= 4 is 34.9 Å². The summed E-state index contributed by atoms with van der Waals surface area (Å²) in [5.74, 6) is -0.340. The number of anilines is 2. The third kappa shape index (κ3) is 5.95. The first-order valence-electron chi connectivity index (χ1n) is 11.3. The smallest absolute Gasteiger partial charge is 0.319 e. The van der Waals surface area contributed by atoms with E-state index in [1.54, 1.807) is 35.9 Å². The van der Waals surface area contributed by atoms with E-state index in [1.165, 1.54) is 5.56 Å². The van der Waals surface area contributed by atoms with Crippen LogP contribution in [0.5, 0.6) is 0 Å². The maximum atomic E-state index is 12.9. The van der Waals surface area contributed by atoms with E-state index in [-0.39, 0.29) is 23.2 Å². The minimum absolute atomic E-state index is 0.0832. The summed E-state index contributed by atoms with van der Waals surface area (Å²) in [5, 5.41) is 13.2. The van der Waals surface area contributed by atoms with E-state index in [0.717, 1.165) is 25.0 Å². The predicted molar refractivity (Wildman–Crippen MR) is 133 cm³/mol. The minimum atomic E-state index is -0.340. The molecule has 0 spiro atoms. The molecule has 0 bridgehead atoms. The van der Waals surface area contributed by atoms with Crippen molar-refractivity contribution in [1.82, 2.24) is 15.1 Å². The van der Waals surface area contributed by atoms with Gasteiger partial charge in [-0.15, -0.1) is 0 Å². The van der Waals surface area contributed by atoms with Crippen LogP contribution in [0.4, 0.5) is 16.2 Å². The normalized spacial score (nSPS) is 15.2. The SMILES string of the molecule is Cc1ccc(Cn2nc(C)c(C(=O)Nc3ccc(NC(=O)NCC4CCCO4)cc3)c2Cl)cc1. The van der Waals surface area contributed by atoms with Gasteiger partial charge in [0, 0.05) is 24.5 Å². The molecule has 1 fully saturated rings. The molecule has 2 aromatic carbocycles. The summed E-state index contributed by atoms with van der Waals surface area (Å²) in [5.41, 5.74) is 4.30. The van der Waals surface area contributed by atoms with Crippen LogP contribution in [0, 0.1) is 13.8 Å². The Balaban J connectivity index is 1.34. The number of aryl methyl sites for hydroxylation is 2. The summed E-state index contributed by atoms with van der Waals surface area (Å²) >= 11 is 6.51. The molecule has 3 N–H and O–H groups in total. The van der Waals surface area contributed by atoms with Crippen LogP contribution in [0.3, 0.4) is 0 Å². The number of nitrogens with zero attached hydrogens (tertiary/aromatic N) is 2. The number of carbonyl (C=O) groups excluding carboxylic acids is 2. The zero-order valence-electron chi connectivity index (χ0n) is 19.2. The number of ether oxygens (including phenoxy) is 1. The molecule has 1 aliphatic heterocycles. The van der Waals surface area contributed by atoms with Gasteiger partial charge in [-0.1, -0.05) is 41.4 Å². The standard InChI is InChI=1S/C25H28ClN5O3/c1-16-5-7-18(8-6-16)15-31-23(26)22(17(2)30-31)24(32)28-19-9-11-20(12-10-19)29-25(33)27-14-21-4-3-13-34-21/h5-12,21H,3-4,13-15H2,1-2H3,(H,28,32)(H2,27,29,33). The summed E-state index contributed by atoms with van der Waals surface area (Å²) < 4.78 is 7.12. The number of carbonyl (C=O) groups is 2. The number of hydrogen-bond donors (Lipinski definition) is 3. The fourth-order valence-electron chi connectivity index (χ4n) is 3.80. The lowest BCUT2D eigenvalue weighted by molar-refractivity contribution is 0.102. The van der Waals surface area contributed by atoms with Gasteiger partial charge in [-0.2, -0.15) is 5.10 Å². The van der Waals surface area contributed by atoms with Gasteiger partial charge in [-0.3, -0.25) is 4.79 Å². The zero-order valence-corrected chi connectivity index (χ0v) is 20.0. The van der Waals surface area contributed by atoms with Crippen molar-refractivity contribution in [3.05, 3.63) is 76.1 Å². The van der Waals surface area contributed by atoms with E-state index < -0.39 is 0 Å². The molecule has 34 heavy (non-hydrogen) atoms. The molecule has 0 radical (unpaired) electrons. The first-order valence-corrected chi connectivity index (χ1v) is 11.6. The molecule has 2 heterocycles. The Bertz CT molecular complexity index is 1150. The van der Waals surface area contributed by atoms with Crippen molar-refractivity contribution < 1.29 is 14.3 Å². The second-order valence-corrected chi connectivity index (χ2v) is 8.75. The Morgan fingerprint density at radius 2 is 1.74 bits per heavy atom. The number of aromatic nitrogens is 2. The van der Waals surface area contributed by atoms with Gasteiger partial charge >= 0.3 is 6.03 Å². The molecule has 9 heteroatoms. The molecule has 1 saturated heterocycles. The average Bonchev–Trinajstić information content (AvgIpc) is 3.43. The van der Waals surface area contributed by atoms with Crippen molar-refractivity contribution in [3.8, 4) is 0 Å². The van der Waals surface area contributed by atoms with E-state index in [1.807, 2.05) is 31.2 Å². The van der Waals surface area contributed by atoms with Gasteiger partial charge in [0.2, 0.25) is 0 Å². The Hall–Kier alpha value is -3.36. The second kappa shape index (κ2) is 10.7. The molecule has 0 aliphatic carbocycles. The van der Waals surface area contributed by atoms with Crippen LogP contribution in [0.1, 0.15) is 40.0 Å². The van der Waals surface area contributed by atoms with Crippen LogP contribution >= 0.6 is 11.6 Å². The molecule has 3 aromatic rings. The van der Waals surface area contributed by atoms with E-state index in [2.05, 4.69) is 21.0 Å². The number of urea groups is 1. The zero-order chi connectivity index (χ0) is 24.1. The third-order valence-electron chi connectivity index (χ3n) is 5.66. The molecule has 1 aromatic heterocycles. The highest BCUT2D eigenvalue weighted by molar-refractivity contribution is 6.33. The first kappa shape index (κ1) is 23.8. The number of benzene rings is 2. The highest BCUT2D eigenvalue weighted by Crippen LogP contribution is 2.23. The Morgan fingerprint density at radius 1 is 1.06 bits per heavy atom. The Labute approximate surface area is 203 Å². The molecule has 0 saturated carbocycles. The molecule has 8 nitrogen and oxygen atoms in total. The van der Waals surface area contributed by atoms with Gasteiger partial charge in [0.15, 0.2) is 0 Å². The van der Waals surface area contributed by atoms with Gasteiger partial charge < -0.3 is 20.7 Å². The molecule has 178 valence electrons. The molecule has 1 aliphatic rings. The fraction of sp³-hybridized carbons (Fsp3) is 0.320. The summed E-state index contributed by atoms with van der Waals surface area (Å²) in [6, 6.07) is 14.7. The highest BCUT2D eigenvalue weighted by atomic mass is 35.5. The summed E-state index contributed by atoms with van der Waals surface area (Å²) in [7, 11) is 0. The van der Waals surface area contributed by atoms with Gasteiger partial charge in [0.1, 0.15) is 5.15 Å². The molecule has 1 atom stereocenters. The fourth-order valence-corrected chi connectivity index (χ4v) is 4.12. The number of amides is 3. The monoisotopic (exact) mass is 481 g/mol. The van der Waals surface area contributed by atoms with Gasteiger partial charge in [-0.05, 0) is 56.5 Å². The van der Waals surface area contributed by atoms with Crippen molar-refractivity contribution in [2.45, 2.75) is 39.3 Å². The van der Waals surface area contributed by atoms with Crippen molar-refractivity contribution in [3.63, 3.8) is 0 Å². The Kier molecular flexibility index (Phi) is 7.49. The number of nitrogens with one attached hydrogen (secondary N) is 3. The number of hydrogen-bond acceptors (Lipinski definition) is 4. The first-order chi connectivity index (χ1) is 16.4. The van der Waals surface area contributed by atoms with Crippen LogP contribution < -0.4 is 16.0 Å². The van der Waals surface area contributed by atoms with E-state index in [9.17, 15) is 9.59 Å². The van der Waals surface area contributed by atoms with Crippen LogP contribution in [0.25, 0.3) is 0 Å². The quantitative estimate of drug-likeness (QED) is 0.453. The predicted octanol–water partition coefficient (Wildman–Crippen LogP) is 4.75. The Morgan fingerprint density at radius 3 is 2.38 bits per heavy atom. The van der Waals surface area contributed by atoms with Crippen molar-refractivity contribution in [2.24, 2.45) is 0 Å². The molecular weight excluding hydrogens is 454 g/mol. The number of rotatable bonds is 7. The maximum Gasteiger partial charge on any atom is 0.319 e. The third-order valence-corrected chi connectivity index (χ3v) is 6.04. The van der Waals surface area contributed by atoms with Crippen LogP contribution in [-0.2, 0) is 11.3 Å². The lowest BCUT2D eigenvalue weighted by Crippen LogP contribution is -2.35. The second-order valence-electron chi connectivity index (χ2n) is 8.40. The minimum Gasteiger partial charge on any atom is -0.376 e. The van der Waals surface area contributed by atoms with Crippen LogP contribution in [-0.4, -0.2) is 41.0 Å². The number of halogens is 1. The molecule has 3 amide bonds. The van der Waals surface area contributed by atoms with Gasteiger partial charge in [0.25, 0.3) is 5.91 Å². The summed E-state index contributed by atoms with van der Waals surface area (Å²) in [6.45, 7) is 5.50. The largest absolute Gasteiger partial charge is 0.376 e. The summed E-state index contributed by atoms with van der Waals surface area (Å²) in [4.78, 5) is 25.0. The van der Waals surface area contributed by atoms with Crippen molar-refractivity contribution in [2.75, 3.05) is 23.8 Å². The van der Waals surface area contributed by atoms with E-state index in [4.69, 9.17) is 16.3 Å². The summed E-state index contributed by atoms with van der Waals surface area (Å²) in [6.07, 6.45) is 2.07.